The van der Waals surface area contributed by atoms with Crippen molar-refractivity contribution in [3.05, 3.63) is 72.9 Å². The van der Waals surface area contributed by atoms with Crippen molar-refractivity contribution < 1.29 is 19.5 Å². The molecule has 4 nitrogen and oxygen atoms in total. The molecule has 186 valence electrons. The van der Waals surface area contributed by atoms with E-state index in [0.29, 0.717) is 11.0 Å². The minimum absolute atomic E-state index is 0.333. The number of allylic oxidation sites excluding steroid dienone is 11. The fourth-order valence-electron chi connectivity index (χ4n) is 3.31. The third-order valence-electron chi connectivity index (χ3n) is 5.10. The van der Waals surface area contributed by atoms with E-state index < -0.39 is 18.0 Å². The second kappa shape index (κ2) is 20.4. The van der Waals surface area contributed by atoms with E-state index in [1.54, 1.807) is 12.2 Å². The first-order valence-electron chi connectivity index (χ1n) is 12.5. The molecule has 0 spiro atoms. The number of likely N-dealkylation sites (N-methyl/N-ethyl adjacent to an activating group) is 1. The second-order valence-electron chi connectivity index (χ2n) is 9.50. The zero-order valence-corrected chi connectivity index (χ0v) is 21.4. The first-order valence-corrected chi connectivity index (χ1v) is 12.5. The lowest BCUT2D eigenvalue weighted by Gasteiger charge is -2.30. The van der Waals surface area contributed by atoms with Gasteiger partial charge in [-0.1, -0.05) is 125 Å². The smallest absolute Gasteiger partial charge is 0.114 e. The van der Waals surface area contributed by atoms with Gasteiger partial charge in [0.1, 0.15) is 12.6 Å². The lowest BCUT2D eigenvalue weighted by atomic mass is 10.0. The van der Waals surface area contributed by atoms with E-state index in [9.17, 15) is 15.0 Å². The molecule has 0 fully saturated rings. The Morgan fingerprint density at radius 3 is 1.70 bits per heavy atom. The number of hydrogen-bond acceptors (Lipinski definition) is 3. The third-order valence-corrected chi connectivity index (χ3v) is 5.10. The Labute approximate surface area is 203 Å². The van der Waals surface area contributed by atoms with E-state index in [-0.39, 0.29) is 0 Å². The summed E-state index contributed by atoms with van der Waals surface area (Å²) in [7, 11) is 5.71. The molecule has 0 aromatic heterocycles. The van der Waals surface area contributed by atoms with E-state index in [1.807, 2.05) is 63.7 Å². The maximum Gasteiger partial charge on any atom is 0.114 e. The monoisotopic (exact) mass is 457 g/mol. The molecule has 0 aromatic rings. The van der Waals surface area contributed by atoms with Crippen LogP contribution in [0.15, 0.2) is 72.9 Å². The van der Waals surface area contributed by atoms with Crippen LogP contribution in [0.2, 0.25) is 0 Å². The first kappa shape index (κ1) is 30.8. The average Bonchev–Trinajstić information content (AvgIpc) is 2.73. The van der Waals surface area contributed by atoms with Crippen LogP contribution in [0.3, 0.4) is 0 Å². The van der Waals surface area contributed by atoms with Crippen LogP contribution in [0.5, 0.6) is 0 Å². The van der Waals surface area contributed by atoms with Crippen LogP contribution >= 0.6 is 0 Å². The van der Waals surface area contributed by atoms with Crippen LogP contribution in [0, 0.1) is 5.92 Å². The molecule has 0 saturated carbocycles. The number of carbonyl (C=O) groups is 1. The lowest BCUT2D eigenvalue weighted by Crippen LogP contribution is -2.47. The van der Waals surface area contributed by atoms with Gasteiger partial charge < -0.3 is 19.5 Å². The van der Waals surface area contributed by atoms with Crippen molar-refractivity contribution in [1.29, 1.82) is 0 Å². The Morgan fingerprint density at radius 1 is 0.758 bits per heavy atom. The summed E-state index contributed by atoms with van der Waals surface area (Å²) >= 11 is 0. The molecule has 33 heavy (non-hydrogen) atoms. The standard InChI is InChI=1S/C29H47NO3/c1-5-6-7-8-9-10-11-12-13-14-15-16-17-18-19-20-21-22-23-24-25-27(29(32)33)28(31)26-30(2,3)4/h14-25,27-28,31H,5-13,26H2,1-4H3. The fourth-order valence-corrected chi connectivity index (χ4v) is 3.31. The Bertz CT molecular complexity index is 663. The summed E-state index contributed by atoms with van der Waals surface area (Å²) in [6.45, 7) is 2.59. The molecule has 0 heterocycles. The van der Waals surface area contributed by atoms with Gasteiger partial charge in [0.05, 0.1) is 27.1 Å². The minimum Gasteiger partial charge on any atom is -0.549 e. The summed E-state index contributed by atoms with van der Waals surface area (Å²) in [5, 5.41) is 21.4. The molecule has 2 atom stereocenters. The second-order valence-corrected chi connectivity index (χ2v) is 9.50. The molecule has 0 amide bonds. The summed E-state index contributed by atoms with van der Waals surface area (Å²) < 4.78 is 0.479. The van der Waals surface area contributed by atoms with Crippen LogP contribution in [0.4, 0.5) is 0 Å². The molecule has 0 saturated heterocycles. The Morgan fingerprint density at radius 2 is 1.21 bits per heavy atom. The lowest BCUT2D eigenvalue weighted by molar-refractivity contribution is -0.873. The number of aliphatic hydroxyl groups is 1. The molecule has 0 aliphatic heterocycles. The molecule has 0 rings (SSSR count). The number of carbonyl (C=O) groups excluding carboxylic acids is 1. The number of quaternary nitrogens is 1. The Hall–Kier alpha value is -2.17. The summed E-state index contributed by atoms with van der Waals surface area (Å²) in [4.78, 5) is 11.3. The predicted octanol–water partition coefficient (Wildman–Crippen LogP) is 5.29. The van der Waals surface area contributed by atoms with E-state index in [0.717, 1.165) is 6.42 Å². The van der Waals surface area contributed by atoms with Crippen molar-refractivity contribution in [3.63, 3.8) is 0 Å². The molecule has 1 N–H and O–H groups in total. The Kier molecular flexibility index (Phi) is 19.1. The van der Waals surface area contributed by atoms with Crippen LogP contribution in [-0.4, -0.2) is 49.4 Å². The van der Waals surface area contributed by atoms with Gasteiger partial charge >= 0.3 is 0 Å². The highest BCUT2D eigenvalue weighted by atomic mass is 16.4. The predicted molar refractivity (Wildman–Crippen MR) is 139 cm³/mol. The highest BCUT2D eigenvalue weighted by Crippen LogP contribution is 2.10. The number of rotatable bonds is 19. The van der Waals surface area contributed by atoms with Crippen molar-refractivity contribution in [2.24, 2.45) is 5.92 Å². The van der Waals surface area contributed by atoms with Crippen molar-refractivity contribution in [3.8, 4) is 0 Å². The van der Waals surface area contributed by atoms with Gasteiger partial charge in [-0.2, -0.15) is 0 Å². The molecule has 0 aliphatic carbocycles. The zero-order valence-electron chi connectivity index (χ0n) is 21.4. The van der Waals surface area contributed by atoms with E-state index in [4.69, 9.17) is 0 Å². The van der Waals surface area contributed by atoms with E-state index in [1.165, 1.54) is 57.4 Å². The van der Waals surface area contributed by atoms with Crippen molar-refractivity contribution in [1.82, 2.24) is 0 Å². The van der Waals surface area contributed by atoms with Gasteiger partial charge in [-0.25, -0.2) is 0 Å². The van der Waals surface area contributed by atoms with Gasteiger partial charge in [0.25, 0.3) is 0 Å². The largest absolute Gasteiger partial charge is 0.549 e. The molecule has 0 aliphatic rings. The zero-order chi connectivity index (χ0) is 24.8. The quantitative estimate of drug-likeness (QED) is 0.163. The maximum atomic E-state index is 11.3. The number of nitrogens with zero attached hydrogens (tertiary/aromatic N) is 1. The van der Waals surface area contributed by atoms with Gasteiger partial charge in [0, 0.05) is 5.92 Å². The van der Waals surface area contributed by atoms with Crippen molar-refractivity contribution in [2.75, 3.05) is 27.7 Å². The summed E-state index contributed by atoms with van der Waals surface area (Å²) in [6, 6.07) is 0. The molecule has 2 unspecified atom stereocenters. The van der Waals surface area contributed by atoms with Gasteiger partial charge in [0.2, 0.25) is 0 Å². The normalized spacial score (nSPS) is 15.3. The van der Waals surface area contributed by atoms with E-state index >= 15 is 0 Å². The highest BCUT2D eigenvalue weighted by molar-refractivity contribution is 5.70. The SMILES string of the molecule is CCCCCCCCCCC=CC=CC=CC=CC=CC=CC(C(=O)[O-])C(O)C[N+](C)(C)C. The van der Waals surface area contributed by atoms with Gasteiger partial charge in [0.15, 0.2) is 0 Å². The molecule has 0 aromatic carbocycles. The van der Waals surface area contributed by atoms with Crippen LogP contribution in [-0.2, 0) is 4.79 Å². The minimum atomic E-state index is -1.27. The first-order chi connectivity index (χ1) is 15.8. The van der Waals surface area contributed by atoms with Gasteiger partial charge in [-0.15, -0.1) is 0 Å². The molecular formula is C29H47NO3. The number of hydrogen-bond donors (Lipinski definition) is 1. The molecule has 0 bridgehead atoms. The summed E-state index contributed by atoms with van der Waals surface area (Å²) in [5.74, 6) is -2.29. The maximum absolute atomic E-state index is 11.3. The van der Waals surface area contributed by atoms with Gasteiger partial charge in [-0.05, 0) is 12.8 Å². The van der Waals surface area contributed by atoms with Crippen molar-refractivity contribution >= 4 is 5.97 Å². The number of aliphatic carboxylic acids is 1. The van der Waals surface area contributed by atoms with Crippen LogP contribution in [0.1, 0.15) is 64.7 Å². The number of aliphatic hydroxyl groups excluding tert-OH is 1. The summed E-state index contributed by atoms with van der Waals surface area (Å²) in [5.41, 5.74) is 0. The number of carboxylic acids is 1. The average molecular weight is 458 g/mol. The van der Waals surface area contributed by atoms with Crippen LogP contribution in [0.25, 0.3) is 0 Å². The molecular weight excluding hydrogens is 410 g/mol. The topological polar surface area (TPSA) is 60.4 Å². The van der Waals surface area contributed by atoms with E-state index in [2.05, 4.69) is 19.1 Å². The highest BCUT2D eigenvalue weighted by Gasteiger charge is 2.23. The molecule has 0 radical (unpaired) electrons. The third kappa shape index (κ3) is 21.4. The Balaban J connectivity index is 4.04. The fraction of sp³-hybridized carbons (Fsp3) is 0.552. The summed E-state index contributed by atoms with van der Waals surface area (Å²) in [6.07, 6.45) is 33.7. The van der Waals surface area contributed by atoms with Crippen LogP contribution < -0.4 is 5.11 Å². The molecule has 4 heteroatoms. The number of unbranched alkanes of at least 4 members (excludes halogenated alkanes) is 8. The van der Waals surface area contributed by atoms with Gasteiger partial charge in [-0.3, -0.25) is 0 Å². The number of carboxylic acid groups (broad SMARTS) is 1. The van der Waals surface area contributed by atoms with Crippen molar-refractivity contribution in [2.45, 2.75) is 70.8 Å².